The van der Waals surface area contributed by atoms with Gasteiger partial charge in [0.1, 0.15) is 0 Å². The van der Waals surface area contributed by atoms with Gasteiger partial charge in [0.05, 0.1) is 0 Å². The van der Waals surface area contributed by atoms with Crippen molar-refractivity contribution in [2.24, 2.45) is 5.92 Å². The van der Waals surface area contributed by atoms with E-state index >= 15 is 0 Å². The highest BCUT2D eigenvalue weighted by atomic mass is 16.2. The van der Waals surface area contributed by atoms with Gasteiger partial charge in [0.2, 0.25) is 5.91 Å². The van der Waals surface area contributed by atoms with Crippen LogP contribution in [-0.4, -0.2) is 24.9 Å². The molecule has 0 unspecified atom stereocenters. The van der Waals surface area contributed by atoms with Crippen LogP contribution in [0.4, 0.5) is 0 Å². The minimum absolute atomic E-state index is 0.128. The Hall–Kier alpha value is -0.790. The molecular weight excluding hydrogens is 138 g/mol. The zero-order chi connectivity index (χ0) is 8.85. The fourth-order valence-corrected chi connectivity index (χ4v) is 0.932. The molecular formula is C9H17NO. The van der Waals surface area contributed by atoms with Crippen molar-refractivity contribution in [3.05, 3.63) is 12.7 Å². The predicted molar refractivity (Wildman–Crippen MR) is 47.3 cm³/mol. The van der Waals surface area contributed by atoms with Crippen molar-refractivity contribution in [2.75, 3.05) is 14.1 Å². The van der Waals surface area contributed by atoms with Gasteiger partial charge in [0, 0.05) is 20.0 Å². The van der Waals surface area contributed by atoms with Crippen molar-refractivity contribution in [3.63, 3.8) is 0 Å². The summed E-state index contributed by atoms with van der Waals surface area (Å²) in [6.07, 6.45) is 3.67. The lowest BCUT2D eigenvalue weighted by atomic mass is 10.0. The number of hydrogen-bond acceptors (Lipinski definition) is 1. The molecule has 0 bridgehead atoms. The highest BCUT2D eigenvalue weighted by Gasteiger charge is 2.12. The maximum absolute atomic E-state index is 11.2. The Labute approximate surface area is 68.9 Å². The summed E-state index contributed by atoms with van der Waals surface area (Å²) >= 11 is 0. The van der Waals surface area contributed by atoms with E-state index in [0.717, 1.165) is 12.8 Å². The van der Waals surface area contributed by atoms with Gasteiger partial charge in [0.25, 0.3) is 0 Å². The smallest absolute Gasteiger partial charge is 0.224 e. The second kappa shape index (κ2) is 4.94. The SMILES string of the molecule is C=CCC[C@H](C)C(=O)N(C)C. The van der Waals surface area contributed by atoms with E-state index in [1.807, 2.05) is 13.0 Å². The molecule has 0 saturated heterocycles. The molecule has 0 aliphatic carbocycles. The van der Waals surface area contributed by atoms with Crippen LogP contribution in [0.3, 0.4) is 0 Å². The van der Waals surface area contributed by atoms with E-state index in [0.29, 0.717) is 0 Å². The van der Waals surface area contributed by atoms with Crippen molar-refractivity contribution >= 4 is 5.91 Å². The molecule has 0 heterocycles. The van der Waals surface area contributed by atoms with Gasteiger partial charge in [-0.25, -0.2) is 0 Å². The zero-order valence-electron chi connectivity index (χ0n) is 7.63. The van der Waals surface area contributed by atoms with E-state index in [1.54, 1.807) is 19.0 Å². The van der Waals surface area contributed by atoms with E-state index < -0.39 is 0 Å². The number of carbonyl (C=O) groups is 1. The molecule has 2 heteroatoms. The monoisotopic (exact) mass is 155 g/mol. The van der Waals surface area contributed by atoms with Crippen LogP contribution in [0.5, 0.6) is 0 Å². The first kappa shape index (κ1) is 10.2. The second-order valence-corrected chi connectivity index (χ2v) is 3.00. The number of carbonyl (C=O) groups excluding carboxylic acids is 1. The Morgan fingerprint density at radius 2 is 2.18 bits per heavy atom. The maximum Gasteiger partial charge on any atom is 0.224 e. The lowest BCUT2D eigenvalue weighted by Gasteiger charge is -2.15. The molecule has 0 aromatic heterocycles. The van der Waals surface area contributed by atoms with E-state index in [-0.39, 0.29) is 11.8 Å². The third kappa shape index (κ3) is 3.81. The Morgan fingerprint density at radius 3 is 2.55 bits per heavy atom. The van der Waals surface area contributed by atoms with Gasteiger partial charge in [0.15, 0.2) is 0 Å². The summed E-state index contributed by atoms with van der Waals surface area (Å²) in [6, 6.07) is 0. The average molecular weight is 155 g/mol. The summed E-state index contributed by atoms with van der Waals surface area (Å²) < 4.78 is 0. The molecule has 0 spiro atoms. The van der Waals surface area contributed by atoms with Crippen molar-refractivity contribution in [2.45, 2.75) is 19.8 Å². The molecule has 0 aromatic rings. The summed E-state index contributed by atoms with van der Waals surface area (Å²) in [4.78, 5) is 12.9. The minimum Gasteiger partial charge on any atom is -0.349 e. The lowest BCUT2D eigenvalue weighted by molar-refractivity contribution is -0.132. The first-order valence-electron chi connectivity index (χ1n) is 3.91. The second-order valence-electron chi connectivity index (χ2n) is 3.00. The molecule has 0 aliphatic rings. The molecule has 0 N–H and O–H groups in total. The molecule has 0 rings (SSSR count). The normalized spacial score (nSPS) is 12.3. The molecule has 11 heavy (non-hydrogen) atoms. The van der Waals surface area contributed by atoms with Crippen LogP contribution < -0.4 is 0 Å². The fourth-order valence-electron chi connectivity index (χ4n) is 0.932. The fraction of sp³-hybridized carbons (Fsp3) is 0.667. The minimum atomic E-state index is 0.128. The summed E-state index contributed by atoms with van der Waals surface area (Å²) in [5, 5.41) is 0. The third-order valence-corrected chi connectivity index (χ3v) is 1.67. The van der Waals surface area contributed by atoms with Crippen LogP contribution in [-0.2, 0) is 4.79 Å². The van der Waals surface area contributed by atoms with Gasteiger partial charge in [-0.1, -0.05) is 13.0 Å². The predicted octanol–water partition coefficient (Wildman–Crippen LogP) is 1.68. The van der Waals surface area contributed by atoms with Crippen molar-refractivity contribution in [3.8, 4) is 0 Å². The first-order chi connectivity index (χ1) is 5.09. The van der Waals surface area contributed by atoms with Crippen LogP contribution >= 0.6 is 0 Å². The Bertz CT molecular complexity index is 140. The molecule has 1 amide bonds. The summed E-state index contributed by atoms with van der Waals surface area (Å²) in [6.45, 7) is 5.56. The van der Waals surface area contributed by atoms with Gasteiger partial charge >= 0.3 is 0 Å². The lowest BCUT2D eigenvalue weighted by Crippen LogP contribution is -2.27. The third-order valence-electron chi connectivity index (χ3n) is 1.67. The standard InChI is InChI=1S/C9H17NO/c1-5-6-7-8(2)9(11)10(3)4/h5,8H,1,6-7H2,2-4H3/t8-/m0/s1. The number of hydrogen-bond donors (Lipinski definition) is 0. The van der Waals surface area contributed by atoms with E-state index in [4.69, 9.17) is 0 Å². The number of allylic oxidation sites excluding steroid dienone is 1. The molecule has 64 valence electrons. The van der Waals surface area contributed by atoms with Crippen molar-refractivity contribution in [1.29, 1.82) is 0 Å². The number of rotatable bonds is 4. The zero-order valence-corrected chi connectivity index (χ0v) is 7.63. The maximum atomic E-state index is 11.2. The Morgan fingerprint density at radius 1 is 1.64 bits per heavy atom. The van der Waals surface area contributed by atoms with Crippen LogP contribution in [0.2, 0.25) is 0 Å². The average Bonchev–Trinajstić information content (AvgIpc) is 1.98. The largest absolute Gasteiger partial charge is 0.349 e. The highest BCUT2D eigenvalue weighted by Crippen LogP contribution is 2.07. The molecule has 0 saturated carbocycles. The van der Waals surface area contributed by atoms with Gasteiger partial charge in [-0.3, -0.25) is 4.79 Å². The quantitative estimate of drug-likeness (QED) is 0.566. The van der Waals surface area contributed by atoms with Crippen LogP contribution in [0, 0.1) is 5.92 Å². The van der Waals surface area contributed by atoms with E-state index in [1.165, 1.54) is 0 Å². The van der Waals surface area contributed by atoms with Crippen molar-refractivity contribution < 1.29 is 4.79 Å². The Kier molecular flexibility index (Phi) is 4.59. The molecule has 1 atom stereocenters. The van der Waals surface area contributed by atoms with Gasteiger partial charge < -0.3 is 4.90 Å². The molecule has 2 nitrogen and oxygen atoms in total. The van der Waals surface area contributed by atoms with Gasteiger partial charge in [-0.15, -0.1) is 6.58 Å². The highest BCUT2D eigenvalue weighted by molar-refractivity contribution is 5.77. The molecule has 0 fully saturated rings. The van der Waals surface area contributed by atoms with Crippen LogP contribution in [0.25, 0.3) is 0 Å². The molecule has 0 aliphatic heterocycles. The molecule has 0 aromatic carbocycles. The summed E-state index contributed by atoms with van der Waals surface area (Å²) in [5.41, 5.74) is 0. The van der Waals surface area contributed by atoms with E-state index in [9.17, 15) is 4.79 Å². The van der Waals surface area contributed by atoms with Crippen LogP contribution in [0.1, 0.15) is 19.8 Å². The van der Waals surface area contributed by atoms with Gasteiger partial charge in [-0.2, -0.15) is 0 Å². The summed E-state index contributed by atoms with van der Waals surface area (Å²) in [7, 11) is 3.57. The topological polar surface area (TPSA) is 20.3 Å². The number of nitrogens with zero attached hydrogens (tertiary/aromatic N) is 1. The number of amides is 1. The van der Waals surface area contributed by atoms with Crippen molar-refractivity contribution in [1.82, 2.24) is 4.90 Å². The summed E-state index contributed by atoms with van der Waals surface area (Å²) in [5.74, 6) is 0.329. The van der Waals surface area contributed by atoms with Crippen LogP contribution in [0.15, 0.2) is 12.7 Å². The molecule has 0 radical (unpaired) electrons. The van der Waals surface area contributed by atoms with Gasteiger partial charge in [-0.05, 0) is 12.8 Å². The van der Waals surface area contributed by atoms with E-state index in [2.05, 4.69) is 6.58 Å². The Balaban J connectivity index is 3.73. The first-order valence-corrected chi connectivity index (χ1v) is 3.91.